The van der Waals surface area contributed by atoms with Crippen molar-refractivity contribution in [2.45, 2.75) is 19.4 Å². The van der Waals surface area contributed by atoms with E-state index in [-0.39, 0.29) is 17.9 Å². The number of urea groups is 1. The molecule has 0 bridgehead atoms. The van der Waals surface area contributed by atoms with Crippen molar-refractivity contribution < 1.29 is 23.4 Å². The van der Waals surface area contributed by atoms with Crippen molar-refractivity contribution >= 4 is 11.7 Å². The van der Waals surface area contributed by atoms with Crippen molar-refractivity contribution in [3.63, 3.8) is 0 Å². The first-order valence-electron chi connectivity index (χ1n) is 10.8. The van der Waals surface area contributed by atoms with E-state index in [0.29, 0.717) is 35.1 Å². The molecular weight excluding hydrogens is 437 g/mol. The predicted molar refractivity (Wildman–Crippen MR) is 128 cm³/mol. The average molecular weight is 464 g/mol. The van der Waals surface area contributed by atoms with E-state index in [4.69, 9.17) is 19.3 Å². The number of carbonyl (C=O) groups is 1. The van der Waals surface area contributed by atoms with Gasteiger partial charge in [0, 0.05) is 18.2 Å². The fourth-order valence-electron chi connectivity index (χ4n) is 3.87. The van der Waals surface area contributed by atoms with Gasteiger partial charge in [0.2, 0.25) is 0 Å². The smallest absolute Gasteiger partial charge is 0.337 e. The minimum Gasteiger partial charge on any atom is -0.493 e. The highest BCUT2D eigenvalue weighted by molar-refractivity contribution is 6.14. The summed E-state index contributed by atoms with van der Waals surface area (Å²) in [7, 11) is 4.75. The monoisotopic (exact) mass is 463 g/mol. The molecule has 0 saturated heterocycles. The fourth-order valence-corrected chi connectivity index (χ4v) is 3.87. The molecule has 0 spiro atoms. The summed E-state index contributed by atoms with van der Waals surface area (Å²) in [5, 5.41) is 8.87. The lowest BCUT2D eigenvalue weighted by molar-refractivity contribution is 0.184. The third-order valence-corrected chi connectivity index (χ3v) is 5.60. The van der Waals surface area contributed by atoms with Crippen molar-refractivity contribution in [2.75, 3.05) is 21.3 Å². The van der Waals surface area contributed by atoms with Gasteiger partial charge in [-0.25, -0.2) is 14.2 Å². The lowest BCUT2D eigenvalue weighted by atomic mass is 9.94. The zero-order valence-electron chi connectivity index (χ0n) is 19.5. The molecule has 3 aromatic rings. The molecule has 7 nitrogen and oxygen atoms in total. The number of hydrogen-bond acceptors (Lipinski definition) is 5. The third kappa shape index (κ3) is 4.66. The number of rotatable bonds is 5. The van der Waals surface area contributed by atoms with E-state index >= 15 is 0 Å². The van der Waals surface area contributed by atoms with Gasteiger partial charge in [0.1, 0.15) is 17.3 Å². The first kappa shape index (κ1) is 23.1. The Hall–Kier alpha value is -4.07. The SMILES string of the molecule is CNC(=O)N1N=C(c2ccc(Oc3ccc(F)cc3)cc2)c2cc(OC)c(OC)cc2CC1C. The maximum atomic E-state index is 13.2. The predicted octanol–water partition coefficient (Wildman–Crippen LogP) is 4.97. The van der Waals surface area contributed by atoms with Gasteiger partial charge in [-0.15, -0.1) is 0 Å². The molecule has 1 aliphatic rings. The van der Waals surface area contributed by atoms with Crippen LogP contribution in [0.5, 0.6) is 23.0 Å². The van der Waals surface area contributed by atoms with Crippen LogP contribution in [-0.4, -0.2) is 44.1 Å². The first-order chi connectivity index (χ1) is 16.4. The Morgan fingerprint density at radius 2 is 1.59 bits per heavy atom. The van der Waals surface area contributed by atoms with Crippen molar-refractivity contribution in [3.05, 3.63) is 83.2 Å². The van der Waals surface area contributed by atoms with E-state index in [9.17, 15) is 9.18 Å². The number of carbonyl (C=O) groups excluding carboxylic acids is 1. The number of halogens is 1. The molecule has 0 aromatic heterocycles. The van der Waals surface area contributed by atoms with Crippen LogP contribution in [-0.2, 0) is 6.42 Å². The van der Waals surface area contributed by atoms with Crippen LogP contribution in [0, 0.1) is 5.82 Å². The molecule has 176 valence electrons. The molecule has 0 radical (unpaired) electrons. The normalized spacial score (nSPS) is 15.0. The van der Waals surface area contributed by atoms with E-state index in [1.807, 2.05) is 31.2 Å². The Kier molecular flexibility index (Phi) is 6.67. The Morgan fingerprint density at radius 3 is 2.18 bits per heavy atom. The Labute approximate surface area is 197 Å². The highest BCUT2D eigenvalue weighted by Crippen LogP contribution is 2.35. The lowest BCUT2D eigenvalue weighted by Crippen LogP contribution is -2.41. The van der Waals surface area contributed by atoms with Gasteiger partial charge in [-0.05, 0) is 79.6 Å². The Morgan fingerprint density at radius 1 is 1.00 bits per heavy atom. The molecule has 0 fully saturated rings. The van der Waals surface area contributed by atoms with Crippen molar-refractivity contribution in [2.24, 2.45) is 5.10 Å². The summed E-state index contributed by atoms with van der Waals surface area (Å²) in [6.45, 7) is 1.95. The van der Waals surface area contributed by atoms with Gasteiger partial charge in [0.25, 0.3) is 0 Å². The molecule has 1 unspecified atom stereocenters. The van der Waals surface area contributed by atoms with E-state index in [1.165, 1.54) is 17.1 Å². The zero-order chi connectivity index (χ0) is 24.2. The third-order valence-electron chi connectivity index (χ3n) is 5.60. The van der Waals surface area contributed by atoms with Crippen molar-refractivity contribution in [1.29, 1.82) is 0 Å². The Balaban J connectivity index is 1.76. The van der Waals surface area contributed by atoms with Crippen LogP contribution < -0.4 is 19.5 Å². The number of nitrogens with one attached hydrogen (secondary N) is 1. The maximum Gasteiger partial charge on any atom is 0.337 e. The molecule has 4 rings (SSSR count). The second-order valence-corrected chi connectivity index (χ2v) is 7.85. The number of hydrogen-bond donors (Lipinski definition) is 1. The second-order valence-electron chi connectivity index (χ2n) is 7.85. The van der Waals surface area contributed by atoms with Gasteiger partial charge >= 0.3 is 6.03 Å². The van der Waals surface area contributed by atoms with Crippen LogP contribution in [0.3, 0.4) is 0 Å². The van der Waals surface area contributed by atoms with E-state index in [1.54, 1.807) is 45.5 Å². The highest BCUT2D eigenvalue weighted by atomic mass is 19.1. The summed E-state index contributed by atoms with van der Waals surface area (Å²) in [5.41, 5.74) is 3.25. The molecule has 0 aliphatic carbocycles. The first-order valence-corrected chi connectivity index (χ1v) is 10.8. The number of hydrazone groups is 1. The molecular formula is C26H26FN3O4. The van der Waals surface area contributed by atoms with Crippen LogP contribution in [0.1, 0.15) is 23.6 Å². The number of nitrogens with zero attached hydrogens (tertiary/aromatic N) is 2. The maximum absolute atomic E-state index is 13.2. The summed E-state index contributed by atoms with van der Waals surface area (Å²) < 4.78 is 30.0. The standard InChI is InChI=1S/C26H26FN3O4/c1-16-13-18-14-23(32-3)24(33-4)15-22(18)25(29-30(16)26(31)28-2)17-5-9-20(10-6-17)34-21-11-7-19(27)8-12-21/h5-12,14-16H,13H2,1-4H3,(H,28,31). The summed E-state index contributed by atoms with van der Waals surface area (Å²) in [5.74, 6) is 1.99. The van der Waals surface area contributed by atoms with Crippen molar-refractivity contribution in [1.82, 2.24) is 10.3 Å². The summed E-state index contributed by atoms with van der Waals surface area (Å²) in [6, 6.07) is 16.5. The number of benzene rings is 3. The Bertz CT molecular complexity index is 1210. The van der Waals surface area contributed by atoms with Gasteiger partial charge in [-0.3, -0.25) is 0 Å². The molecule has 1 aliphatic heterocycles. The van der Waals surface area contributed by atoms with E-state index < -0.39 is 0 Å². The quantitative estimate of drug-likeness (QED) is 0.580. The minimum atomic E-state index is -0.324. The molecule has 8 heteroatoms. The van der Waals surface area contributed by atoms with Gasteiger partial charge in [0.05, 0.1) is 26.0 Å². The van der Waals surface area contributed by atoms with Crippen LogP contribution in [0.15, 0.2) is 65.8 Å². The van der Waals surface area contributed by atoms with Crippen LogP contribution >= 0.6 is 0 Å². The summed E-state index contributed by atoms with van der Waals surface area (Å²) >= 11 is 0. The molecule has 1 N–H and O–H groups in total. The average Bonchev–Trinajstić information content (AvgIpc) is 3.00. The van der Waals surface area contributed by atoms with Gasteiger partial charge < -0.3 is 19.5 Å². The fraction of sp³-hybridized carbons (Fsp3) is 0.231. The highest BCUT2D eigenvalue weighted by Gasteiger charge is 2.28. The zero-order valence-corrected chi connectivity index (χ0v) is 19.5. The van der Waals surface area contributed by atoms with E-state index in [2.05, 4.69) is 5.32 Å². The number of fused-ring (bicyclic) bond motifs is 1. The van der Waals surface area contributed by atoms with Crippen LogP contribution in [0.2, 0.25) is 0 Å². The lowest BCUT2D eigenvalue weighted by Gasteiger charge is -2.22. The van der Waals surface area contributed by atoms with E-state index in [0.717, 1.165) is 16.7 Å². The molecule has 2 amide bonds. The molecule has 3 aromatic carbocycles. The number of amides is 2. The van der Waals surface area contributed by atoms with Crippen LogP contribution in [0.4, 0.5) is 9.18 Å². The van der Waals surface area contributed by atoms with Crippen LogP contribution in [0.25, 0.3) is 0 Å². The summed E-state index contributed by atoms with van der Waals surface area (Å²) in [6.07, 6.45) is 0.585. The largest absolute Gasteiger partial charge is 0.493 e. The number of ether oxygens (including phenoxy) is 3. The van der Waals surface area contributed by atoms with Gasteiger partial charge in [0.15, 0.2) is 11.5 Å². The topological polar surface area (TPSA) is 72.4 Å². The molecule has 0 saturated carbocycles. The van der Waals surface area contributed by atoms with Gasteiger partial charge in [-0.2, -0.15) is 5.10 Å². The summed E-state index contributed by atoms with van der Waals surface area (Å²) in [4.78, 5) is 12.6. The molecule has 34 heavy (non-hydrogen) atoms. The van der Waals surface area contributed by atoms with Gasteiger partial charge in [-0.1, -0.05) is 0 Å². The molecule has 1 atom stereocenters. The molecule has 1 heterocycles. The van der Waals surface area contributed by atoms with Crippen molar-refractivity contribution in [3.8, 4) is 23.0 Å². The minimum absolute atomic E-state index is 0.185. The second kappa shape index (κ2) is 9.82. The number of methoxy groups -OCH3 is 2.